The number of hydrogen-bond acceptors (Lipinski definition) is 8. The lowest BCUT2D eigenvalue weighted by Gasteiger charge is -2.26. The number of amides is 1. The minimum Gasteiger partial charge on any atom is -0.593 e. The summed E-state index contributed by atoms with van der Waals surface area (Å²) in [5.41, 5.74) is 0.783. The first-order chi connectivity index (χ1) is 18.5. The maximum absolute atomic E-state index is 13.4. The zero-order chi connectivity index (χ0) is 28.0. The molecule has 0 spiro atoms. The van der Waals surface area contributed by atoms with E-state index in [0.717, 1.165) is 11.1 Å². The molecule has 1 saturated carbocycles. The summed E-state index contributed by atoms with van der Waals surface area (Å²) in [6, 6.07) is 14.7. The molecule has 1 aliphatic heterocycles. The standard InChI is InChI=1S/C27H27F2N3O6S/c1-16-3-10-22(30-23(16)17-4-7-19(8-5-17)39(36)32-25(2,14-33)15-34)31-24(35)26(11-12-26)18-6-9-20-21(13-18)38-27(28,29)37-20/h3-10,13,32-34H,11-12,14-15H2,1-2H3,(H,30,31,35). The Bertz CT molecular complexity index is 1400. The lowest BCUT2D eigenvalue weighted by molar-refractivity contribution is -0.286. The highest BCUT2D eigenvalue weighted by atomic mass is 32.2. The van der Waals surface area contributed by atoms with Crippen LogP contribution in [0.15, 0.2) is 59.5 Å². The number of aryl methyl sites for hydroxylation is 1. The van der Waals surface area contributed by atoms with Crippen molar-refractivity contribution < 1.29 is 37.8 Å². The highest BCUT2D eigenvalue weighted by molar-refractivity contribution is 7.89. The SMILES string of the molecule is Cc1ccc(NC(=O)C2(c3ccc4c(c3)OC(F)(F)O4)CC2)nc1-c1ccc([S+]([O-])NC(C)(CO)CO)cc1. The van der Waals surface area contributed by atoms with Gasteiger partial charge in [0.05, 0.1) is 35.7 Å². The summed E-state index contributed by atoms with van der Waals surface area (Å²) in [6.07, 6.45) is -2.64. The number of ether oxygens (including phenoxy) is 2. The fraction of sp³-hybridized carbons (Fsp3) is 0.333. The smallest absolute Gasteiger partial charge is 0.586 e. The van der Waals surface area contributed by atoms with E-state index in [9.17, 15) is 28.3 Å². The molecular weight excluding hydrogens is 532 g/mol. The predicted octanol–water partition coefficient (Wildman–Crippen LogP) is 3.40. The zero-order valence-corrected chi connectivity index (χ0v) is 22.0. The second kappa shape index (κ2) is 10.0. The van der Waals surface area contributed by atoms with Crippen molar-refractivity contribution >= 4 is 23.1 Å². The van der Waals surface area contributed by atoms with E-state index in [4.69, 9.17) is 0 Å². The molecule has 1 aliphatic carbocycles. The van der Waals surface area contributed by atoms with Gasteiger partial charge in [0.25, 0.3) is 0 Å². The normalized spacial score (nSPS) is 17.5. The van der Waals surface area contributed by atoms with Gasteiger partial charge in [0.2, 0.25) is 5.91 Å². The maximum Gasteiger partial charge on any atom is 0.586 e. The van der Waals surface area contributed by atoms with Crippen molar-refractivity contribution in [2.75, 3.05) is 18.5 Å². The van der Waals surface area contributed by atoms with Crippen molar-refractivity contribution in [3.05, 3.63) is 65.7 Å². The molecule has 1 amide bonds. The average Bonchev–Trinajstić information content (AvgIpc) is 3.66. The lowest BCUT2D eigenvalue weighted by Crippen LogP contribution is -2.51. The number of fused-ring (bicyclic) bond motifs is 1. The van der Waals surface area contributed by atoms with Crippen LogP contribution in [-0.2, 0) is 21.6 Å². The van der Waals surface area contributed by atoms with Crippen LogP contribution in [0, 0.1) is 6.92 Å². The first-order valence-corrected chi connectivity index (χ1v) is 13.3. The van der Waals surface area contributed by atoms with E-state index in [1.165, 1.54) is 12.1 Å². The molecule has 12 heteroatoms. The van der Waals surface area contributed by atoms with Gasteiger partial charge in [-0.15, -0.1) is 13.5 Å². The second-order valence-electron chi connectivity index (χ2n) is 10.00. The molecule has 0 bridgehead atoms. The number of pyridine rings is 1. The zero-order valence-electron chi connectivity index (χ0n) is 21.2. The Morgan fingerprint density at radius 1 is 1.08 bits per heavy atom. The van der Waals surface area contributed by atoms with Gasteiger partial charge in [-0.25, -0.2) is 4.98 Å². The second-order valence-corrected chi connectivity index (χ2v) is 11.2. The predicted molar refractivity (Wildman–Crippen MR) is 139 cm³/mol. The third kappa shape index (κ3) is 5.43. The Hall–Kier alpha value is -3.29. The summed E-state index contributed by atoms with van der Waals surface area (Å²) in [5.74, 6) is -0.159. The van der Waals surface area contributed by atoms with Crippen LogP contribution in [0.25, 0.3) is 11.3 Å². The fourth-order valence-electron chi connectivity index (χ4n) is 4.28. The van der Waals surface area contributed by atoms with Gasteiger partial charge in [-0.05, 0) is 80.3 Å². The van der Waals surface area contributed by atoms with Crippen molar-refractivity contribution in [2.24, 2.45) is 0 Å². The molecule has 1 aromatic heterocycles. The summed E-state index contributed by atoms with van der Waals surface area (Å²) in [7, 11) is 0. The van der Waals surface area contributed by atoms with E-state index in [1.807, 2.05) is 13.0 Å². The van der Waals surface area contributed by atoms with Crippen molar-refractivity contribution in [1.82, 2.24) is 9.71 Å². The number of anilines is 1. The molecule has 39 heavy (non-hydrogen) atoms. The highest BCUT2D eigenvalue weighted by Crippen LogP contribution is 2.52. The van der Waals surface area contributed by atoms with E-state index >= 15 is 0 Å². The van der Waals surface area contributed by atoms with E-state index in [-0.39, 0.29) is 30.6 Å². The van der Waals surface area contributed by atoms with Gasteiger partial charge in [0.1, 0.15) is 11.4 Å². The topological polar surface area (TPSA) is 136 Å². The molecule has 206 valence electrons. The number of nitrogens with one attached hydrogen (secondary N) is 2. The van der Waals surface area contributed by atoms with E-state index in [0.29, 0.717) is 34.8 Å². The quantitative estimate of drug-likeness (QED) is 0.293. The van der Waals surface area contributed by atoms with E-state index in [2.05, 4.69) is 24.5 Å². The van der Waals surface area contributed by atoms with Gasteiger partial charge in [0, 0.05) is 5.56 Å². The van der Waals surface area contributed by atoms with Crippen molar-refractivity contribution in [2.45, 2.75) is 48.8 Å². The van der Waals surface area contributed by atoms with Crippen LogP contribution in [0.1, 0.15) is 30.9 Å². The first-order valence-electron chi connectivity index (χ1n) is 12.2. The number of benzene rings is 2. The number of alkyl halides is 2. The maximum atomic E-state index is 13.4. The number of rotatable bonds is 9. The lowest BCUT2D eigenvalue weighted by atomic mass is 9.94. The van der Waals surface area contributed by atoms with Crippen LogP contribution in [-0.4, -0.2) is 50.7 Å². The van der Waals surface area contributed by atoms with Gasteiger partial charge in [-0.1, -0.05) is 12.1 Å². The molecule has 1 fully saturated rings. The van der Waals surface area contributed by atoms with Gasteiger partial charge < -0.3 is 29.6 Å². The Balaban J connectivity index is 1.32. The molecule has 4 N–H and O–H groups in total. The van der Waals surface area contributed by atoms with Crippen molar-refractivity contribution in [3.8, 4) is 22.8 Å². The molecule has 3 aromatic rings. The van der Waals surface area contributed by atoms with E-state index in [1.54, 1.807) is 43.3 Å². The largest absolute Gasteiger partial charge is 0.593 e. The number of aliphatic hydroxyl groups excluding tert-OH is 2. The molecule has 1 atom stereocenters. The van der Waals surface area contributed by atoms with Gasteiger partial charge in [-0.3, -0.25) is 4.79 Å². The molecule has 2 aliphatic rings. The Labute approximate surface area is 226 Å². The van der Waals surface area contributed by atoms with E-state index < -0.39 is 28.6 Å². The molecule has 0 radical (unpaired) electrons. The van der Waals surface area contributed by atoms with Crippen LogP contribution >= 0.6 is 0 Å². The number of aromatic nitrogens is 1. The first kappa shape index (κ1) is 27.3. The highest BCUT2D eigenvalue weighted by Gasteiger charge is 2.53. The van der Waals surface area contributed by atoms with Crippen LogP contribution in [0.4, 0.5) is 14.6 Å². The number of carbonyl (C=O) groups excluding carboxylic acids is 1. The van der Waals surface area contributed by atoms with Crippen molar-refractivity contribution in [1.29, 1.82) is 0 Å². The minimum atomic E-state index is -3.73. The fourth-order valence-corrected chi connectivity index (χ4v) is 5.36. The average molecular weight is 560 g/mol. The summed E-state index contributed by atoms with van der Waals surface area (Å²) in [6.45, 7) is 2.66. The minimum absolute atomic E-state index is 0.0776. The summed E-state index contributed by atoms with van der Waals surface area (Å²) in [4.78, 5) is 18.4. The van der Waals surface area contributed by atoms with Gasteiger partial charge in [-0.2, -0.15) is 0 Å². The molecule has 9 nitrogen and oxygen atoms in total. The molecule has 2 heterocycles. The number of carbonyl (C=O) groups is 1. The van der Waals surface area contributed by atoms with Gasteiger partial charge >= 0.3 is 6.29 Å². The Morgan fingerprint density at radius 3 is 2.38 bits per heavy atom. The monoisotopic (exact) mass is 559 g/mol. The van der Waals surface area contributed by atoms with Crippen LogP contribution < -0.4 is 19.5 Å². The Morgan fingerprint density at radius 2 is 1.74 bits per heavy atom. The molecule has 2 aromatic carbocycles. The third-order valence-electron chi connectivity index (χ3n) is 6.86. The third-order valence-corrected chi connectivity index (χ3v) is 8.23. The van der Waals surface area contributed by atoms with Gasteiger partial charge in [0.15, 0.2) is 16.4 Å². The number of nitrogens with zero attached hydrogens (tertiary/aromatic N) is 1. The van der Waals surface area contributed by atoms with Crippen molar-refractivity contribution in [3.63, 3.8) is 0 Å². The van der Waals surface area contributed by atoms with Crippen LogP contribution in [0.2, 0.25) is 0 Å². The molecule has 0 saturated heterocycles. The summed E-state index contributed by atoms with van der Waals surface area (Å²) >= 11 is -1.67. The van der Waals surface area contributed by atoms with Crippen LogP contribution in [0.3, 0.4) is 0 Å². The number of hydrogen-bond donors (Lipinski definition) is 4. The summed E-state index contributed by atoms with van der Waals surface area (Å²) < 4.78 is 51.2. The molecule has 1 unspecified atom stereocenters. The Kier molecular flexibility index (Phi) is 7.02. The van der Waals surface area contributed by atoms with Crippen LogP contribution in [0.5, 0.6) is 11.5 Å². The number of halogens is 2. The molecule has 5 rings (SSSR count). The molecular formula is C27H27F2N3O6S. The summed E-state index contributed by atoms with van der Waals surface area (Å²) in [5, 5.41) is 21.7. The number of aliphatic hydroxyl groups is 2.